The van der Waals surface area contributed by atoms with E-state index in [2.05, 4.69) is 0 Å². The molecule has 58 valence electrons. The molecule has 0 amide bonds. The first-order chi connectivity index (χ1) is 2.00. The van der Waals surface area contributed by atoms with Gasteiger partial charge in [0.15, 0.2) is 17.4 Å². The Bertz CT molecular complexity index is 44.9. The molecule has 0 aliphatic rings. The third kappa shape index (κ3) is 137. The Morgan fingerprint density at radius 3 is 1.00 bits per heavy atom. The first kappa shape index (κ1) is 38.7. The van der Waals surface area contributed by atoms with Crippen molar-refractivity contribution in [1.29, 1.82) is 0 Å². The monoisotopic (exact) mass is 212 g/mol. The molecule has 0 unspecified atom stereocenters. The summed E-state index contributed by atoms with van der Waals surface area (Å²) >= 11 is 0. The smallest absolute Gasteiger partial charge is 1.00 e. The molecule has 6 N–H and O–H groups in total. The van der Waals surface area contributed by atoms with Crippen molar-refractivity contribution in [2.45, 2.75) is 0 Å². The third-order valence-corrected chi connectivity index (χ3v) is 0. The van der Waals surface area contributed by atoms with Crippen LogP contribution in [0.1, 0.15) is 2.85 Å². The van der Waals surface area contributed by atoms with E-state index < -0.39 is 9.05 Å². The van der Waals surface area contributed by atoms with Gasteiger partial charge < -0.3 is 27.5 Å². The summed E-state index contributed by atoms with van der Waals surface area (Å²) < 4.78 is 0. The Morgan fingerprint density at radius 2 is 1.00 bits per heavy atom. The molecule has 0 spiro atoms. The van der Waals surface area contributed by atoms with Gasteiger partial charge in [0.2, 0.25) is 0 Å². The molecular formula is H12AlFKLiO5Si. The number of rotatable bonds is 0. The van der Waals surface area contributed by atoms with Gasteiger partial charge in [-0.05, 0) is 0 Å². The largest absolute Gasteiger partial charge is 1.00 e. The van der Waals surface area contributed by atoms with E-state index in [4.69, 9.17) is 19.2 Å². The molecular weight excluding hydrogens is 200 g/mol. The Balaban J connectivity index is -0.00000000381. The first-order valence-electron chi connectivity index (χ1n) is 0.894. The van der Waals surface area contributed by atoms with Crippen molar-refractivity contribution in [2.75, 3.05) is 0 Å². The zero-order valence-corrected chi connectivity index (χ0v) is 9.32. The van der Waals surface area contributed by atoms with E-state index >= 15 is 0 Å². The molecule has 0 bridgehead atoms. The van der Waals surface area contributed by atoms with Crippen LogP contribution >= 0.6 is 0 Å². The van der Waals surface area contributed by atoms with E-state index in [1.54, 1.807) is 0 Å². The minimum Gasteiger partial charge on any atom is -1.00 e. The maximum atomic E-state index is 7.33. The van der Waals surface area contributed by atoms with Crippen LogP contribution in [0.15, 0.2) is 0 Å². The molecule has 0 aliphatic carbocycles. The molecule has 0 rings (SSSR count). The van der Waals surface area contributed by atoms with E-state index in [0.29, 0.717) is 0 Å². The van der Waals surface area contributed by atoms with Crippen LogP contribution in [-0.4, -0.2) is 51.1 Å². The van der Waals surface area contributed by atoms with Crippen molar-refractivity contribution < 1.29 is 102 Å². The van der Waals surface area contributed by atoms with Crippen molar-refractivity contribution in [3.8, 4) is 0 Å². The quantitative estimate of drug-likeness (QED) is 0.299. The van der Waals surface area contributed by atoms with Crippen LogP contribution in [0.2, 0.25) is 0 Å². The van der Waals surface area contributed by atoms with E-state index in [-0.39, 0.29) is 101 Å². The summed E-state index contributed by atoms with van der Waals surface area (Å²) in [7, 11) is -4.61. The first-order valence-corrected chi connectivity index (χ1v) is 2.68. The van der Waals surface area contributed by atoms with E-state index in [0.717, 1.165) is 0 Å². The van der Waals surface area contributed by atoms with Crippen molar-refractivity contribution in [2.24, 2.45) is 0 Å². The molecule has 10 heteroatoms. The van der Waals surface area contributed by atoms with Crippen LogP contribution in [0.25, 0.3) is 0 Å². The Morgan fingerprint density at radius 1 is 1.00 bits per heavy atom. The molecule has 0 heterocycles. The molecule has 5 nitrogen and oxygen atoms in total. The minimum absolute atomic E-state index is 0. The average Bonchev–Trinajstić information content (AvgIpc) is 0.722. The minimum atomic E-state index is -4.61. The van der Waals surface area contributed by atoms with E-state index in [1.165, 1.54) is 0 Å². The molecule has 0 aliphatic heterocycles. The van der Waals surface area contributed by atoms with Gasteiger partial charge in [-0.15, -0.1) is 0 Å². The summed E-state index contributed by atoms with van der Waals surface area (Å²) in [6.07, 6.45) is 0. The Labute approximate surface area is 127 Å². The number of halogens is 1. The Hall–Kier alpha value is 2.71. The van der Waals surface area contributed by atoms with Gasteiger partial charge >= 0.3 is 79.3 Å². The second-order valence-electron chi connectivity index (χ2n) is 0.600. The molecule has 0 aromatic rings. The predicted octanol–water partition coefficient (Wildman–Crippen LogP) is -10.2. The summed E-state index contributed by atoms with van der Waals surface area (Å²) in [5.41, 5.74) is 0. The van der Waals surface area contributed by atoms with Crippen LogP contribution in [-0.2, 0) is 0 Å². The maximum Gasteiger partial charge on any atom is 1.00 e. The van der Waals surface area contributed by atoms with Gasteiger partial charge in [-0.25, -0.2) is 0 Å². The zero-order valence-electron chi connectivity index (χ0n) is 7.20. The standard InChI is InChI=1S/Al.FH.K.Li.H4O4Si.H2O.5H/c;;;;1-5(2,3)4;;;;;;/h;1H;;;1-4H;1H2;;;;;/q;;2*+1;;;;;;2*-1. The van der Waals surface area contributed by atoms with Gasteiger partial charge in [-0.1, -0.05) is 0 Å². The fourth-order valence-corrected chi connectivity index (χ4v) is 0. The van der Waals surface area contributed by atoms with Crippen LogP contribution < -0.4 is 70.2 Å². The zero-order chi connectivity index (χ0) is 4.50. The summed E-state index contributed by atoms with van der Waals surface area (Å²) in [4.78, 5) is 29.3. The molecule has 0 saturated heterocycles. The van der Waals surface area contributed by atoms with E-state index in [1.807, 2.05) is 0 Å². The van der Waals surface area contributed by atoms with Crippen molar-refractivity contribution >= 4 is 26.4 Å². The molecule has 0 atom stereocenters. The SMILES string of the molecule is F.O.O[Si](O)(O)O.[AlH3].[H-].[H-].[K+].[Li+]. The topological polar surface area (TPSA) is 112 Å². The van der Waals surface area contributed by atoms with Crippen LogP contribution in [0.5, 0.6) is 0 Å². The summed E-state index contributed by atoms with van der Waals surface area (Å²) in [5.74, 6) is 0. The fourth-order valence-electron chi connectivity index (χ4n) is 0. The molecule has 10 heavy (non-hydrogen) atoms. The second kappa shape index (κ2) is 17.7. The number of hydrogen-bond donors (Lipinski definition) is 4. The van der Waals surface area contributed by atoms with Gasteiger partial charge in [0.05, 0.1) is 0 Å². The predicted molar refractivity (Wildman–Crippen MR) is 32.9 cm³/mol. The Kier molecular flexibility index (Phi) is 68.5. The van der Waals surface area contributed by atoms with Crippen LogP contribution in [0.4, 0.5) is 4.70 Å². The van der Waals surface area contributed by atoms with E-state index in [9.17, 15) is 0 Å². The summed E-state index contributed by atoms with van der Waals surface area (Å²) in [6.45, 7) is 0. The molecule has 0 saturated carbocycles. The van der Waals surface area contributed by atoms with Gasteiger partial charge in [-0.3, -0.25) is 4.70 Å². The number of hydrogen-bond acceptors (Lipinski definition) is 4. The van der Waals surface area contributed by atoms with Crippen LogP contribution in [0.3, 0.4) is 0 Å². The molecule has 0 radical (unpaired) electrons. The molecule has 0 fully saturated rings. The normalized spacial score (nSPS) is 6.00. The van der Waals surface area contributed by atoms with Crippen LogP contribution in [0, 0.1) is 0 Å². The maximum absolute atomic E-state index is 7.33. The second-order valence-corrected chi connectivity index (χ2v) is 1.80. The molecule has 0 aromatic heterocycles. The van der Waals surface area contributed by atoms with Gasteiger partial charge in [0, 0.05) is 0 Å². The fraction of sp³-hybridized carbons (Fsp3) is 0. The van der Waals surface area contributed by atoms with Gasteiger partial charge in [0.1, 0.15) is 0 Å². The van der Waals surface area contributed by atoms with Gasteiger partial charge in [-0.2, -0.15) is 0 Å². The van der Waals surface area contributed by atoms with Crippen molar-refractivity contribution in [1.82, 2.24) is 0 Å². The average molecular weight is 212 g/mol. The van der Waals surface area contributed by atoms with Crippen molar-refractivity contribution in [3.63, 3.8) is 0 Å². The molecule has 0 aromatic carbocycles. The third-order valence-electron chi connectivity index (χ3n) is 0. The summed E-state index contributed by atoms with van der Waals surface area (Å²) in [6, 6.07) is 0. The summed E-state index contributed by atoms with van der Waals surface area (Å²) in [5, 5.41) is 0. The van der Waals surface area contributed by atoms with Gasteiger partial charge in [0.25, 0.3) is 0 Å². The van der Waals surface area contributed by atoms with Crippen molar-refractivity contribution in [3.05, 3.63) is 0 Å².